The molecule has 0 aliphatic carbocycles. The van der Waals surface area contributed by atoms with Crippen LogP contribution in [0.4, 0.5) is 5.69 Å². The first-order valence-electron chi connectivity index (χ1n) is 7.52. The Labute approximate surface area is 149 Å². The normalized spacial score (nSPS) is 10.6. The zero-order valence-electron chi connectivity index (χ0n) is 13.1. The van der Waals surface area contributed by atoms with Gasteiger partial charge in [0.2, 0.25) is 0 Å². The van der Waals surface area contributed by atoms with Gasteiger partial charge in [-0.1, -0.05) is 35.5 Å². The second-order valence-electron chi connectivity index (χ2n) is 5.09. The van der Waals surface area contributed by atoms with Crippen molar-refractivity contribution >= 4 is 35.0 Å². The zero-order chi connectivity index (χ0) is 16.9. The van der Waals surface area contributed by atoms with Crippen molar-refractivity contribution in [3.8, 4) is 0 Å². The van der Waals surface area contributed by atoms with Gasteiger partial charge in [0.15, 0.2) is 0 Å². The summed E-state index contributed by atoms with van der Waals surface area (Å²) in [7, 11) is 0. The fourth-order valence-corrected chi connectivity index (χ4v) is 3.16. The van der Waals surface area contributed by atoms with E-state index in [1.165, 1.54) is 0 Å². The molecular weight excluding hydrogens is 342 g/mol. The summed E-state index contributed by atoms with van der Waals surface area (Å²) in [6, 6.07) is 15.3. The maximum absolute atomic E-state index is 12.4. The number of para-hydroxylation sites is 1. The van der Waals surface area contributed by atoms with Gasteiger partial charge in [0.05, 0.1) is 17.4 Å². The first-order valence-corrected chi connectivity index (χ1v) is 8.71. The molecule has 6 heteroatoms. The quantitative estimate of drug-likeness (QED) is 0.702. The molecule has 0 unspecified atom stereocenters. The molecule has 0 atom stereocenters. The average molecular weight is 358 g/mol. The molecule has 0 saturated heterocycles. The molecule has 0 aliphatic heterocycles. The van der Waals surface area contributed by atoms with Crippen LogP contribution in [0.15, 0.2) is 70.7 Å². The topological polar surface area (TPSA) is 46.9 Å². The molecular formula is C18H16ClN3OS. The summed E-state index contributed by atoms with van der Waals surface area (Å²) >= 11 is 7.50. The van der Waals surface area contributed by atoms with E-state index in [4.69, 9.17) is 11.6 Å². The van der Waals surface area contributed by atoms with Crippen molar-refractivity contribution in [2.75, 3.05) is 5.32 Å². The monoisotopic (exact) mass is 357 g/mol. The second kappa shape index (κ2) is 7.55. The molecule has 1 amide bonds. The van der Waals surface area contributed by atoms with Gasteiger partial charge in [-0.15, -0.1) is 0 Å². The average Bonchev–Trinajstić information content (AvgIpc) is 3.08. The first-order chi connectivity index (χ1) is 11.7. The van der Waals surface area contributed by atoms with Crippen LogP contribution < -0.4 is 5.32 Å². The number of benzene rings is 2. The molecule has 0 fully saturated rings. The molecule has 1 aromatic heterocycles. The van der Waals surface area contributed by atoms with Crippen molar-refractivity contribution < 1.29 is 4.79 Å². The smallest absolute Gasteiger partial charge is 0.258 e. The lowest BCUT2D eigenvalue weighted by Gasteiger charge is -2.10. The Bertz CT molecular complexity index is 845. The third kappa shape index (κ3) is 3.99. The number of aromatic nitrogens is 2. The predicted molar refractivity (Wildman–Crippen MR) is 97.9 cm³/mol. The van der Waals surface area contributed by atoms with Crippen LogP contribution in [0, 0.1) is 0 Å². The number of carbonyl (C=O) groups excluding carboxylic acids is 1. The third-order valence-corrected chi connectivity index (χ3v) is 4.73. The van der Waals surface area contributed by atoms with Gasteiger partial charge in [0.25, 0.3) is 5.91 Å². The number of nitrogens with one attached hydrogen (secondary N) is 1. The molecule has 1 heterocycles. The molecule has 0 radical (unpaired) electrons. The number of anilines is 1. The van der Waals surface area contributed by atoms with Crippen LogP contribution in [-0.2, 0) is 6.54 Å². The lowest BCUT2D eigenvalue weighted by atomic mass is 10.3. The lowest BCUT2D eigenvalue weighted by Crippen LogP contribution is -2.11. The van der Waals surface area contributed by atoms with Gasteiger partial charge in [0.1, 0.15) is 0 Å². The second-order valence-corrected chi connectivity index (χ2v) is 6.64. The van der Waals surface area contributed by atoms with E-state index in [0.717, 1.165) is 22.0 Å². The number of hydrogen-bond acceptors (Lipinski definition) is 3. The Morgan fingerprint density at radius 1 is 1.21 bits per heavy atom. The highest BCUT2D eigenvalue weighted by atomic mass is 35.5. The van der Waals surface area contributed by atoms with Gasteiger partial charge in [-0.25, -0.2) is 0 Å². The molecule has 0 bridgehead atoms. The Kier molecular flexibility index (Phi) is 5.23. The van der Waals surface area contributed by atoms with Crippen molar-refractivity contribution in [1.82, 2.24) is 9.78 Å². The van der Waals surface area contributed by atoms with Gasteiger partial charge in [-0.3, -0.25) is 9.48 Å². The Hall–Kier alpha value is -2.24. The first kappa shape index (κ1) is 16.6. The SMILES string of the molecule is CCn1cc(C(=O)Nc2ccccc2Sc2ccc(Cl)cc2)cn1. The lowest BCUT2D eigenvalue weighted by molar-refractivity contribution is 0.102. The number of hydrogen-bond donors (Lipinski definition) is 1. The third-order valence-electron chi connectivity index (χ3n) is 3.40. The van der Waals surface area contributed by atoms with Crippen LogP contribution in [0.2, 0.25) is 5.02 Å². The summed E-state index contributed by atoms with van der Waals surface area (Å²) < 4.78 is 1.73. The maximum Gasteiger partial charge on any atom is 0.258 e. The van der Waals surface area contributed by atoms with E-state index in [9.17, 15) is 4.79 Å². The van der Waals surface area contributed by atoms with Crippen LogP contribution in [0.5, 0.6) is 0 Å². The minimum atomic E-state index is -0.168. The summed E-state index contributed by atoms with van der Waals surface area (Å²) in [5.41, 5.74) is 1.31. The van der Waals surface area contributed by atoms with Crippen LogP contribution in [0.3, 0.4) is 0 Å². The maximum atomic E-state index is 12.4. The Balaban J connectivity index is 1.78. The van der Waals surface area contributed by atoms with Crippen molar-refractivity contribution in [2.24, 2.45) is 0 Å². The van der Waals surface area contributed by atoms with Crippen LogP contribution >= 0.6 is 23.4 Å². The Morgan fingerprint density at radius 2 is 1.96 bits per heavy atom. The number of rotatable bonds is 5. The summed E-state index contributed by atoms with van der Waals surface area (Å²) in [5, 5.41) is 7.79. The predicted octanol–water partition coefficient (Wildman–Crippen LogP) is 4.96. The highest BCUT2D eigenvalue weighted by Gasteiger charge is 2.11. The number of nitrogens with zero attached hydrogens (tertiary/aromatic N) is 2. The van der Waals surface area contributed by atoms with Crippen molar-refractivity contribution in [1.29, 1.82) is 0 Å². The van der Waals surface area contributed by atoms with Crippen LogP contribution in [0.1, 0.15) is 17.3 Å². The summed E-state index contributed by atoms with van der Waals surface area (Å²) in [6.07, 6.45) is 3.32. The molecule has 24 heavy (non-hydrogen) atoms. The molecule has 122 valence electrons. The minimum absolute atomic E-state index is 0.168. The molecule has 0 spiro atoms. The highest BCUT2D eigenvalue weighted by molar-refractivity contribution is 7.99. The standard InChI is InChI=1S/C18H16ClN3OS/c1-2-22-12-13(11-20-22)18(23)21-16-5-3-4-6-17(16)24-15-9-7-14(19)8-10-15/h3-12H,2H2,1H3,(H,21,23). The minimum Gasteiger partial charge on any atom is -0.321 e. The summed E-state index contributed by atoms with van der Waals surface area (Å²) in [6.45, 7) is 2.71. The summed E-state index contributed by atoms with van der Waals surface area (Å²) in [4.78, 5) is 14.4. The van der Waals surface area contributed by atoms with E-state index in [0.29, 0.717) is 10.6 Å². The molecule has 3 aromatic rings. The zero-order valence-corrected chi connectivity index (χ0v) is 14.6. The van der Waals surface area contributed by atoms with E-state index in [-0.39, 0.29) is 5.91 Å². The van der Waals surface area contributed by atoms with Crippen molar-refractivity contribution in [3.63, 3.8) is 0 Å². The fraction of sp³-hybridized carbons (Fsp3) is 0.111. The van der Waals surface area contributed by atoms with Gasteiger partial charge < -0.3 is 5.32 Å². The van der Waals surface area contributed by atoms with E-state index in [1.807, 2.05) is 55.5 Å². The molecule has 2 aromatic carbocycles. The van der Waals surface area contributed by atoms with E-state index in [1.54, 1.807) is 28.8 Å². The van der Waals surface area contributed by atoms with Gasteiger partial charge in [-0.05, 0) is 43.3 Å². The van der Waals surface area contributed by atoms with Crippen LogP contribution in [-0.4, -0.2) is 15.7 Å². The Morgan fingerprint density at radius 3 is 2.67 bits per heavy atom. The highest BCUT2D eigenvalue weighted by Crippen LogP contribution is 2.34. The summed E-state index contributed by atoms with van der Waals surface area (Å²) in [5.74, 6) is -0.168. The molecule has 1 N–H and O–H groups in total. The fourth-order valence-electron chi connectivity index (χ4n) is 2.14. The number of halogens is 1. The molecule has 3 rings (SSSR count). The largest absolute Gasteiger partial charge is 0.321 e. The van der Waals surface area contributed by atoms with Crippen LogP contribution in [0.25, 0.3) is 0 Å². The van der Waals surface area contributed by atoms with Gasteiger partial charge in [-0.2, -0.15) is 5.10 Å². The molecule has 0 aliphatic rings. The molecule has 4 nitrogen and oxygen atoms in total. The number of carbonyl (C=O) groups is 1. The van der Waals surface area contributed by atoms with Crippen molar-refractivity contribution in [3.05, 3.63) is 71.5 Å². The number of amides is 1. The van der Waals surface area contributed by atoms with Gasteiger partial charge in [0, 0.05) is 27.6 Å². The molecule has 0 saturated carbocycles. The van der Waals surface area contributed by atoms with E-state index in [2.05, 4.69) is 10.4 Å². The van der Waals surface area contributed by atoms with Crippen molar-refractivity contribution in [2.45, 2.75) is 23.3 Å². The van der Waals surface area contributed by atoms with E-state index < -0.39 is 0 Å². The van der Waals surface area contributed by atoms with E-state index >= 15 is 0 Å². The number of aryl methyl sites for hydroxylation is 1. The van der Waals surface area contributed by atoms with Gasteiger partial charge >= 0.3 is 0 Å².